The summed E-state index contributed by atoms with van der Waals surface area (Å²) in [5, 5.41) is 19.0. The van der Waals surface area contributed by atoms with Crippen LogP contribution < -0.4 is 4.90 Å². The van der Waals surface area contributed by atoms with Crippen molar-refractivity contribution < 1.29 is 5.11 Å². The number of nitriles is 1. The minimum Gasteiger partial charge on any atom is -0.374 e. The first kappa shape index (κ1) is 13.4. The van der Waals surface area contributed by atoms with Crippen LogP contribution in [-0.4, -0.2) is 12.2 Å². The predicted molar refractivity (Wildman–Crippen MR) is 76.5 cm³/mol. The number of halogens is 1. The molecule has 0 fully saturated rings. The molecule has 3 nitrogen and oxygen atoms in total. The minimum atomic E-state index is -1.10. The van der Waals surface area contributed by atoms with Gasteiger partial charge in [-0.3, -0.25) is 0 Å². The van der Waals surface area contributed by atoms with E-state index in [0.29, 0.717) is 10.6 Å². The van der Waals surface area contributed by atoms with E-state index in [0.717, 1.165) is 11.4 Å². The van der Waals surface area contributed by atoms with Crippen LogP contribution in [0.1, 0.15) is 11.7 Å². The number of rotatable bonds is 3. The van der Waals surface area contributed by atoms with Crippen molar-refractivity contribution >= 4 is 23.0 Å². The maximum absolute atomic E-state index is 9.55. The summed E-state index contributed by atoms with van der Waals surface area (Å²) < 4.78 is 0. The molecule has 0 bridgehead atoms. The standard InChI is InChI=1S/C15H13ClN2O/c1-18(13-7-5-12(16)6-8-13)14-4-2-3-11(9-14)15(19)10-17/h2-9,15,19H,1H3. The Morgan fingerprint density at radius 1 is 1.16 bits per heavy atom. The molecule has 0 aliphatic heterocycles. The fourth-order valence-corrected chi connectivity index (χ4v) is 1.92. The maximum Gasteiger partial charge on any atom is 0.165 e. The third kappa shape index (κ3) is 3.05. The lowest BCUT2D eigenvalue weighted by atomic mass is 10.1. The van der Waals surface area contributed by atoms with Crippen LogP contribution >= 0.6 is 11.6 Å². The summed E-state index contributed by atoms with van der Waals surface area (Å²) in [5.74, 6) is 0. The molecule has 2 aromatic carbocycles. The monoisotopic (exact) mass is 272 g/mol. The summed E-state index contributed by atoms with van der Waals surface area (Å²) in [7, 11) is 1.92. The van der Waals surface area contributed by atoms with E-state index in [-0.39, 0.29) is 0 Å². The van der Waals surface area contributed by atoms with Crippen molar-refractivity contribution in [2.75, 3.05) is 11.9 Å². The van der Waals surface area contributed by atoms with Gasteiger partial charge in [0.05, 0.1) is 6.07 Å². The van der Waals surface area contributed by atoms with Crippen LogP contribution in [-0.2, 0) is 0 Å². The van der Waals surface area contributed by atoms with Gasteiger partial charge in [0.2, 0.25) is 0 Å². The van der Waals surface area contributed by atoms with Gasteiger partial charge < -0.3 is 10.0 Å². The lowest BCUT2D eigenvalue weighted by molar-refractivity contribution is 0.236. The molecule has 0 saturated carbocycles. The van der Waals surface area contributed by atoms with Crippen LogP contribution in [0.5, 0.6) is 0 Å². The zero-order valence-electron chi connectivity index (χ0n) is 10.4. The summed E-state index contributed by atoms with van der Waals surface area (Å²) in [5.41, 5.74) is 2.46. The highest BCUT2D eigenvalue weighted by Crippen LogP contribution is 2.27. The SMILES string of the molecule is CN(c1ccc(Cl)cc1)c1cccc(C(O)C#N)c1. The van der Waals surface area contributed by atoms with Gasteiger partial charge in [0.1, 0.15) is 0 Å². The fraction of sp³-hybridized carbons (Fsp3) is 0.133. The third-order valence-electron chi connectivity index (χ3n) is 2.91. The highest BCUT2D eigenvalue weighted by Gasteiger charge is 2.09. The molecule has 1 N–H and O–H groups in total. The quantitative estimate of drug-likeness (QED) is 0.868. The van der Waals surface area contributed by atoms with Gasteiger partial charge in [-0.2, -0.15) is 5.26 Å². The highest BCUT2D eigenvalue weighted by atomic mass is 35.5. The van der Waals surface area contributed by atoms with Gasteiger partial charge in [-0.1, -0.05) is 23.7 Å². The molecule has 2 aromatic rings. The summed E-state index contributed by atoms with van der Waals surface area (Å²) in [4.78, 5) is 1.96. The molecule has 0 amide bonds. The highest BCUT2D eigenvalue weighted by molar-refractivity contribution is 6.30. The van der Waals surface area contributed by atoms with E-state index in [4.69, 9.17) is 16.9 Å². The molecule has 0 radical (unpaired) electrons. The molecule has 0 spiro atoms. The Balaban J connectivity index is 2.31. The summed E-state index contributed by atoms with van der Waals surface area (Å²) in [6.07, 6.45) is -1.10. The minimum absolute atomic E-state index is 0.584. The van der Waals surface area contributed by atoms with E-state index in [1.807, 2.05) is 54.4 Å². The second-order valence-corrected chi connectivity index (χ2v) is 4.60. The smallest absolute Gasteiger partial charge is 0.165 e. The number of hydrogen-bond donors (Lipinski definition) is 1. The Morgan fingerprint density at radius 3 is 2.47 bits per heavy atom. The zero-order valence-corrected chi connectivity index (χ0v) is 11.2. The van der Waals surface area contributed by atoms with Gasteiger partial charge in [-0.05, 0) is 42.0 Å². The van der Waals surface area contributed by atoms with Crippen molar-refractivity contribution in [3.8, 4) is 6.07 Å². The lowest BCUT2D eigenvalue weighted by Crippen LogP contribution is -2.09. The molecule has 2 rings (SSSR count). The van der Waals surface area contributed by atoms with Crippen LogP contribution in [0.4, 0.5) is 11.4 Å². The van der Waals surface area contributed by atoms with Crippen LogP contribution in [0.2, 0.25) is 5.02 Å². The van der Waals surface area contributed by atoms with Crippen molar-refractivity contribution in [1.29, 1.82) is 5.26 Å². The topological polar surface area (TPSA) is 47.3 Å². The second kappa shape index (κ2) is 5.75. The molecule has 0 aromatic heterocycles. The molecule has 0 aliphatic carbocycles. The number of benzene rings is 2. The van der Waals surface area contributed by atoms with Crippen molar-refractivity contribution in [2.45, 2.75) is 6.10 Å². The van der Waals surface area contributed by atoms with Gasteiger partial charge in [-0.25, -0.2) is 0 Å². The Hall–Kier alpha value is -2.02. The van der Waals surface area contributed by atoms with Crippen molar-refractivity contribution in [1.82, 2.24) is 0 Å². The molecule has 0 heterocycles. The fourth-order valence-electron chi connectivity index (χ4n) is 1.79. The third-order valence-corrected chi connectivity index (χ3v) is 3.16. The molecular weight excluding hydrogens is 260 g/mol. The molecular formula is C15H13ClN2O. The Labute approximate surface area is 117 Å². The van der Waals surface area contributed by atoms with Crippen molar-refractivity contribution in [3.05, 3.63) is 59.1 Å². The lowest BCUT2D eigenvalue weighted by Gasteiger charge is -2.20. The number of nitrogens with zero attached hydrogens (tertiary/aromatic N) is 2. The molecule has 0 aliphatic rings. The van der Waals surface area contributed by atoms with Gasteiger partial charge in [0, 0.05) is 23.4 Å². The normalized spacial score (nSPS) is 11.7. The molecule has 96 valence electrons. The van der Waals surface area contributed by atoms with E-state index in [9.17, 15) is 5.11 Å². The van der Waals surface area contributed by atoms with Crippen LogP contribution in [0, 0.1) is 11.3 Å². The summed E-state index contributed by atoms with van der Waals surface area (Å²) >= 11 is 5.86. The Morgan fingerprint density at radius 2 is 1.84 bits per heavy atom. The van der Waals surface area contributed by atoms with Gasteiger partial charge in [0.15, 0.2) is 6.10 Å². The Kier molecular flexibility index (Phi) is 4.06. The first-order valence-corrected chi connectivity index (χ1v) is 6.16. The van der Waals surface area contributed by atoms with Crippen molar-refractivity contribution in [2.24, 2.45) is 0 Å². The second-order valence-electron chi connectivity index (χ2n) is 4.16. The van der Waals surface area contributed by atoms with E-state index in [2.05, 4.69) is 0 Å². The predicted octanol–water partition coefficient (Wildman–Crippen LogP) is 3.66. The number of anilines is 2. The number of aliphatic hydroxyl groups excluding tert-OH is 1. The molecule has 19 heavy (non-hydrogen) atoms. The van der Waals surface area contributed by atoms with E-state index >= 15 is 0 Å². The first-order chi connectivity index (χ1) is 9.11. The average Bonchev–Trinajstić information content (AvgIpc) is 2.46. The largest absolute Gasteiger partial charge is 0.374 e. The first-order valence-electron chi connectivity index (χ1n) is 5.79. The van der Waals surface area contributed by atoms with Crippen LogP contribution in [0.25, 0.3) is 0 Å². The molecule has 1 atom stereocenters. The summed E-state index contributed by atoms with van der Waals surface area (Å²) in [6, 6.07) is 16.5. The maximum atomic E-state index is 9.55. The van der Waals surface area contributed by atoms with E-state index in [1.54, 1.807) is 12.1 Å². The number of aliphatic hydroxyl groups is 1. The van der Waals surface area contributed by atoms with E-state index < -0.39 is 6.10 Å². The Bertz CT molecular complexity index is 604. The van der Waals surface area contributed by atoms with Crippen LogP contribution in [0.3, 0.4) is 0 Å². The molecule has 1 unspecified atom stereocenters. The van der Waals surface area contributed by atoms with Crippen LogP contribution in [0.15, 0.2) is 48.5 Å². The zero-order chi connectivity index (χ0) is 13.8. The van der Waals surface area contributed by atoms with Crippen molar-refractivity contribution in [3.63, 3.8) is 0 Å². The van der Waals surface area contributed by atoms with E-state index in [1.165, 1.54) is 0 Å². The van der Waals surface area contributed by atoms with Gasteiger partial charge in [-0.15, -0.1) is 0 Å². The number of hydrogen-bond acceptors (Lipinski definition) is 3. The molecule has 4 heteroatoms. The molecule has 0 saturated heterocycles. The average molecular weight is 273 g/mol. The van der Waals surface area contributed by atoms with Gasteiger partial charge in [0.25, 0.3) is 0 Å². The van der Waals surface area contributed by atoms with Gasteiger partial charge >= 0.3 is 0 Å². The summed E-state index contributed by atoms with van der Waals surface area (Å²) in [6.45, 7) is 0.